The maximum atomic E-state index is 13.6. The minimum absolute atomic E-state index is 0.0283. The summed E-state index contributed by atoms with van der Waals surface area (Å²) in [5.41, 5.74) is -0.255. The maximum absolute atomic E-state index is 13.6. The van der Waals surface area contributed by atoms with Crippen LogP contribution in [0.1, 0.15) is 15.9 Å². The van der Waals surface area contributed by atoms with E-state index in [-0.39, 0.29) is 17.9 Å². The van der Waals surface area contributed by atoms with Gasteiger partial charge < -0.3 is 9.84 Å². The van der Waals surface area contributed by atoms with Crippen molar-refractivity contribution in [1.82, 2.24) is 0 Å². The fraction of sp³-hybridized carbons (Fsp3) is 0.167. The number of anilines is 1. The SMILES string of the molecule is C=CCOC(=O)Nc1ccc(C(=O)O)c(F)c1C. The number of nitrogens with one attached hydrogen (secondary N) is 1. The molecule has 0 unspecified atom stereocenters. The van der Waals surface area contributed by atoms with Crippen LogP contribution >= 0.6 is 0 Å². The summed E-state index contributed by atoms with van der Waals surface area (Å²) in [5.74, 6) is -2.25. The molecule has 18 heavy (non-hydrogen) atoms. The molecule has 0 aromatic heterocycles. The molecule has 0 spiro atoms. The average Bonchev–Trinajstić information content (AvgIpc) is 2.32. The Hall–Kier alpha value is -2.37. The normalized spacial score (nSPS) is 9.67. The van der Waals surface area contributed by atoms with Crippen LogP contribution in [0, 0.1) is 12.7 Å². The van der Waals surface area contributed by atoms with Crippen LogP contribution in [-0.4, -0.2) is 23.8 Å². The molecule has 6 heteroatoms. The fourth-order valence-electron chi connectivity index (χ4n) is 1.27. The second kappa shape index (κ2) is 5.81. The molecule has 0 atom stereocenters. The molecule has 5 nitrogen and oxygen atoms in total. The van der Waals surface area contributed by atoms with Crippen molar-refractivity contribution in [3.63, 3.8) is 0 Å². The van der Waals surface area contributed by atoms with Gasteiger partial charge in [0, 0.05) is 11.3 Å². The van der Waals surface area contributed by atoms with Gasteiger partial charge in [-0.25, -0.2) is 14.0 Å². The summed E-state index contributed by atoms with van der Waals surface area (Å²) < 4.78 is 18.3. The number of benzene rings is 1. The number of hydrogen-bond donors (Lipinski definition) is 2. The molecule has 1 rings (SSSR count). The van der Waals surface area contributed by atoms with Gasteiger partial charge in [0.1, 0.15) is 12.4 Å². The highest BCUT2D eigenvalue weighted by atomic mass is 19.1. The van der Waals surface area contributed by atoms with Crippen LogP contribution < -0.4 is 5.32 Å². The van der Waals surface area contributed by atoms with Crippen molar-refractivity contribution in [2.75, 3.05) is 11.9 Å². The van der Waals surface area contributed by atoms with E-state index in [1.54, 1.807) is 0 Å². The molecule has 0 aliphatic heterocycles. The summed E-state index contributed by atoms with van der Waals surface area (Å²) in [6.07, 6.45) is 0.626. The number of amides is 1. The fourth-order valence-corrected chi connectivity index (χ4v) is 1.27. The first-order chi connectivity index (χ1) is 8.47. The number of hydrogen-bond acceptors (Lipinski definition) is 3. The van der Waals surface area contributed by atoms with Crippen molar-refractivity contribution >= 4 is 17.7 Å². The van der Waals surface area contributed by atoms with E-state index in [0.29, 0.717) is 0 Å². The standard InChI is InChI=1S/C12H12FNO4/c1-3-6-18-12(17)14-9-5-4-8(11(15)16)10(13)7(9)2/h3-5H,1,6H2,2H3,(H,14,17)(H,15,16). The van der Waals surface area contributed by atoms with Crippen LogP contribution in [0.4, 0.5) is 14.9 Å². The highest BCUT2D eigenvalue weighted by Crippen LogP contribution is 2.21. The van der Waals surface area contributed by atoms with Gasteiger partial charge in [0.25, 0.3) is 0 Å². The first kappa shape index (κ1) is 13.7. The molecule has 0 saturated carbocycles. The lowest BCUT2D eigenvalue weighted by Crippen LogP contribution is -2.15. The van der Waals surface area contributed by atoms with Gasteiger partial charge in [-0.05, 0) is 19.1 Å². The molecular formula is C12H12FNO4. The predicted molar refractivity (Wildman–Crippen MR) is 63.3 cm³/mol. The Morgan fingerprint density at radius 1 is 1.56 bits per heavy atom. The second-order valence-electron chi connectivity index (χ2n) is 3.42. The Balaban J connectivity index is 2.92. The Bertz CT molecular complexity index is 499. The van der Waals surface area contributed by atoms with Gasteiger partial charge in [-0.1, -0.05) is 12.7 Å². The van der Waals surface area contributed by atoms with Gasteiger partial charge in [-0.2, -0.15) is 0 Å². The Labute approximate surface area is 103 Å². The van der Waals surface area contributed by atoms with E-state index in [1.807, 2.05) is 0 Å². The lowest BCUT2D eigenvalue weighted by molar-refractivity contribution is 0.0691. The summed E-state index contributed by atoms with van der Waals surface area (Å²) >= 11 is 0. The first-order valence-corrected chi connectivity index (χ1v) is 5.04. The van der Waals surface area contributed by atoms with Crippen LogP contribution in [0.2, 0.25) is 0 Å². The van der Waals surface area contributed by atoms with Crippen molar-refractivity contribution in [2.45, 2.75) is 6.92 Å². The van der Waals surface area contributed by atoms with E-state index >= 15 is 0 Å². The number of aromatic carboxylic acids is 1. The Kier molecular flexibility index (Phi) is 4.42. The molecule has 0 aliphatic carbocycles. The zero-order valence-electron chi connectivity index (χ0n) is 9.70. The molecule has 0 radical (unpaired) electrons. The third kappa shape index (κ3) is 3.07. The minimum Gasteiger partial charge on any atom is -0.478 e. The number of ether oxygens (including phenoxy) is 1. The van der Waals surface area contributed by atoms with Gasteiger partial charge in [0.05, 0.1) is 5.56 Å². The molecule has 2 N–H and O–H groups in total. The number of rotatable bonds is 4. The van der Waals surface area contributed by atoms with Gasteiger partial charge in [-0.15, -0.1) is 0 Å². The summed E-state index contributed by atoms with van der Waals surface area (Å²) in [5, 5.41) is 11.0. The average molecular weight is 253 g/mol. The highest BCUT2D eigenvalue weighted by Gasteiger charge is 2.16. The van der Waals surface area contributed by atoms with Crippen molar-refractivity contribution in [3.8, 4) is 0 Å². The molecule has 96 valence electrons. The van der Waals surface area contributed by atoms with Gasteiger partial charge in [-0.3, -0.25) is 5.32 Å². The number of carboxylic acids is 1. The zero-order valence-corrected chi connectivity index (χ0v) is 9.70. The van der Waals surface area contributed by atoms with E-state index in [2.05, 4.69) is 16.6 Å². The van der Waals surface area contributed by atoms with Crippen LogP contribution in [0.3, 0.4) is 0 Å². The monoisotopic (exact) mass is 253 g/mol. The molecular weight excluding hydrogens is 241 g/mol. The molecule has 0 heterocycles. The van der Waals surface area contributed by atoms with Crippen molar-refractivity contribution < 1.29 is 23.8 Å². The first-order valence-electron chi connectivity index (χ1n) is 5.04. The third-order valence-electron chi connectivity index (χ3n) is 2.19. The van der Waals surface area contributed by atoms with Gasteiger partial charge in [0.15, 0.2) is 0 Å². The van der Waals surface area contributed by atoms with E-state index in [4.69, 9.17) is 5.11 Å². The van der Waals surface area contributed by atoms with Crippen LogP contribution in [0.25, 0.3) is 0 Å². The molecule has 0 fully saturated rings. The molecule has 1 aromatic rings. The number of carbonyl (C=O) groups excluding carboxylic acids is 1. The van der Waals surface area contributed by atoms with E-state index < -0.39 is 23.4 Å². The number of carbonyl (C=O) groups is 2. The summed E-state index contributed by atoms with van der Waals surface area (Å²) in [6, 6.07) is 2.38. The highest BCUT2D eigenvalue weighted by molar-refractivity contribution is 5.91. The molecule has 0 bridgehead atoms. The summed E-state index contributed by atoms with van der Waals surface area (Å²) in [7, 11) is 0. The summed E-state index contributed by atoms with van der Waals surface area (Å²) in [6.45, 7) is 4.77. The largest absolute Gasteiger partial charge is 0.478 e. The van der Waals surface area contributed by atoms with Gasteiger partial charge >= 0.3 is 12.1 Å². The Morgan fingerprint density at radius 3 is 2.78 bits per heavy atom. The van der Waals surface area contributed by atoms with Gasteiger partial charge in [0.2, 0.25) is 0 Å². The smallest absolute Gasteiger partial charge is 0.411 e. The third-order valence-corrected chi connectivity index (χ3v) is 2.19. The lowest BCUT2D eigenvalue weighted by atomic mass is 10.1. The predicted octanol–water partition coefficient (Wildman–Crippen LogP) is 2.57. The molecule has 1 aromatic carbocycles. The molecule has 1 amide bonds. The molecule has 0 saturated heterocycles. The van der Waals surface area contributed by atoms with Crippen LogP contribution in [0.5, 0.6) is 0 Å². The van der Waals surface area contributed by atoms with E-state index in [0.717, 1.165) is 6.07 Å². The van der Waals surface area contributed by atoms with E-state index in [1.165, 1.54) is 19.1 Å². The lowest BCUT2D eigenvalue weighted by Gasteiger charge is -2.10. The minimum atomic E-state index is -1.36. The van der Waals surface area contributed by atoms with Crippen LogP contribution in [-0.2, 0) is 4.74 Å². The topological polar surface area (TPSA) is 75.6 Å². The van der Waals surface area contributed by atoms with E-state index in [9.17, 15) is 14.0 Å². The summed E-state index contributed by atoms with van der Waals surface area (Å²) in [4.78, 5) is 21.9. The Morgan fingerprint density at radius 2 is 2.22 bits per heavy atom. The van der Waals surface area contributed by atoms with Crippen molar-refractivity contribution in [1.29, 1.82) is 0 Å². The number of carboxylic acid groups (broad SMARTS) is 1. The second-order valence-corrected chi connectivity index (χ2v) is 3.42. The van der Waals surface area contributed by atoms with Crippen molar-refractivity contribution in [3.05, 3.63) is 41.7 Å². The molecule has 0 aliphatic rings. The van der Waals surface area contributed by atoms with Crippen LogP contribution in [0.15, 0.2) is 24.8 Å². The van der Waals surface area contributed by atoms with Crippen molar-refractivity contribution in [2.24, 2.45) is 0 Å². The number of halogens is 1. The quantitative estimate of drug-likeness (QED) is 0.808. The zero-order chi connectivity index (χ0) is 13.7. The maximum Gasteiger partial charge on any atom is 0.411 e.